The molecule has 0 amide bonds. The number of aliphatic hydroxyl groups excluding tert-OH is 1. The number of aliphatic hydroxyl groups is 1. The molecule has 5 heteroatoms. The van der Waals surface area contributed by atoms with Gasteiger partial charge in [-0.3, -0.25) is 0 Å². The van der Waals surface area contributed by atoms with Gasteiger partial charge in [0.05, 0.1) is 17.7 Å². The molecule has 0 spiro atoms. The minimum Gasteiger partial charge on any atom is -0.506 e. The number of nitrogens with one attached hydrogen (secondary N) is 1. The Morgan fingerprint density at radius 2 is 2.14 bits per heavy atom. The molecule has 0 saturated heterocycles. The zero-order chi connectivity index (χ0) is 10.6. The van der Waals surface area contributed by atoms with Gasteiger partial charge in [0, 0.05) is 11.6 Å². The minimum absolute atomic E-state index is 0.0937. The molecular weight excluding hydrogens is 225 g/mol. The second-order valence-electron chi connectivity index (χ2n) is 2.85. The first kappa shape index (κ1) is 11.4. The van der Waals surface area contributed by atoms with E-state index in [1.165, 1.54) is 6.07 Å². The number of hydrogen-bond acceptors (Lipinski definition) is 3. The Kier molecular flexibility index (Phi) is 4.32. The summed E-state index contributed by atoms with van der Waals surface area (Å²) in [6, 6.07) is 4.65. The van der Waals surface area contributed by atoms with Crippen LogP contribution in [0.4, 0.5) is 5.69 Å². The van der Waals surface area contributed by atoms with Crippen molar-refractivity contribution in [2.45, 2.75) is 6.10 Å². The molecule has 0 aliphatic rings. The van der Waals surface area contributed by atoms with Crippen LogP contribution >= 0.6 is 23.2 Å². The molecule has 1 unspecified atom stereocenters. The van der Waals surface area contributed by atoms with Crippen LogP contribution in [0.5, 0.6) is 5.75 Å². The van der Waals surface area contributed by atoms with Gasteiger partial charge < -0.3 is 15.5 Å². The number of phenols is 1. The van der Waals surface area contributed by atoms with Gasteiger partial charge in [0.2, 0.25) is 0 Å². The van der Waals surface area contributed by atoms with Crippen LogP contribution in [0.1, 0.15) is 0 Å². The van der Waals surface area contributed by atoms with Gasteiger partial charge in [-0.25, -0.2) is 0 Å². The van der Waals surface area contributed by atoms with Crippen LogP contribution in [0.2, 0.25) is 5.02 Å². The van der Waals surface area contributed by atoms with Crippen molar-refractivity contribution in [3.63, 3.8) is 0 Å². The smallest absolute Gasteiger partial charge is 0.138 e. The molecule has 1 atom stereocenters. The SMILES string of the molecule is Oc1ccc(Cl)cc1NCC(O)CCl. The third-order valence-electron chi connectivity index (χ3n) is 1.66. The van der Waals surface area contributed by atoms with Crippen molar-refractivity contribution in [2.24, 2.45) is 0 Å². The van der Waals surface area contributed by atoms with Crippen molar-refractivity contribution in [1.82, 2.24) is 0 Å². The Labute approximate surface area is 92.3 Å². The van der Waals surface area contributed by atoms with Crippen LogP contribution in [-0.2, 0) is 0 Å². The van der Waals surface area contributed by atoms with E-state index in [1.807, 2.05) is 0 Å². The first-order valence-electron chi connectivity index (χ1n) is 4.10. The molecule has 0 aliphatic carbocycles. The zero-order valence-electron chi connectivity index (χ0n) is 7.37. The van der Waals surface area contributed by atoms with Gasteiger partial charge in [0.1, 0.15) is 5.75 Å². The summed E-state index contributed by atoms with van der Waals surface area (Å²) in [6.07, 6.45) is -0.643. The number of hydrogen-bond donors (Lipinski definition) is 3. The summed E-state index contributed by atoms with van der Waals surface area (Å²) >= 11 is 11.1. The molecular formula is C9H11Cl2NO2. The van der Waals surface area contributed by atoms with Crippen LogP contribution in [-0.4, -0.2) is 28.7 Å². The van der Waals surface area contributed by atoms with Gasteiger partial charge in [0.25, 0.3) is 0 Å². The van der Waals surface area contributed by atoms with E-state index in [9.17, 15) is 10.2 Å². The van der Waals surface area contributed by atoms with E-state index in [0.29, 0.717) is 10.7 Å². The predicted molar refractivity (Wildman–Crippen MR) is 58.3 cm³/mol. The molecule has 0 radical (unpaired) electrons. The molecule has 0 saturated carbocycles. The lowest BCUT2D eigenvalue weighted by atomic mass is 10.3. The Balaban J connectivity index is 2.62. The van der Waals surface area contributed by atoms with Crippen molar-refractivity contribution in [2.75, 3.05) is 17.7 Å². The Morgan fingerprint density at radius 1 is 1.43 bits per heavy atom. The monoisotopic (exact) mass is 235 g/mol. The van der Waals surface area contributed by atoms with Gasteiger partial charge >= 0.3 is 0 Å². The molecule has 3 nitrogen and oxygen atoms in total. The minimum atomic E-state index is -0.643. The largest absolute Gasteiger partial charge is 0.506 e. The average molecular weight is 236 g/mol. The Hall–Kier alpha value is -0.640. The number of phenolic OH excluding ortho intramolecular Hbond substituents is 1. The molecule has 1 rings (SSSR count). The molecule has 0 bridgehead atoms. The highest BCUT2D eigenvalue weighted by molar-refractivity contribution is 6.30. The van der Waals surface area contributed by atoms with Gasteiger partial charge in [-0.2, -0.15) is 0 Å². The van der Waals surface area contributed by atoms with Crippen molar-refractivity contribution in [3.8, 4) is 5.75 Å². The van der Waals surface area contributed by atoms with Crippen LogP contribution in [0.15, 0.2) is 18.2 Å². The standard InChI is InChI=1S/C9H11Cl2NO2/c10-4-7(13)5-12-8-3-6(11)1-2-9(8)14/h1-3,7,12-14H,4-5H2. The fourth-order valence-corrected chi connectivity index (χ4v) is 1.21. The highest BCUT2D eigenvalue weighted by atomic mass is 35.5. The maximum Gasteiger partial charge on any atom is 0.138 e. The summed E-state index contributed by atoms with van der Waals surface area (Å²) < 4.78 is 0. The first-order chi connectivity index (χ1) is 6.63. The van der Waals surface area contributed by atoms with E-state index in [0.717, 1.165) is 0 Å². The van der Waals surface area contributed by atoms with E-state index in [4.69, 9.17) is 23.2 Å². The number of benzene rings is 1. The summed E-state index contributed by atoms with van der Waals surface area (Å²) in [6.45, 7) is 0.275. The highest BCUT2D eigenvalue weighted by Gasteiger charge is 2.04. The summed E-state index contributed by atoms with van der Waals surface area (Å²) in [5.41, 5.74) is 0.488. The number of alkyl halides is 1. The highest BCUT2D eigenvalue weighted by Crippen LogP contribution is 2.26. The maximum atomic E-state index is 9.38. The molecule has 3 N–H and O–H groups in total. The molecule has 0 aromatic heterocycles. The second-order valence-corrected chi connectivity index (χ2v) is 3.60. The fourth-order valence-electron chi connectivity index (χ4n) is 0.932. The van der Waals surface area contributed by atoms with Crippen molar-refractivity contribution < 1.29 is 10.2 Å². The maximum absolute atomic E-state index is 9.38. The average Bonchev–Trinajstić information content (AvgIpc) is 2.19. The molecule has 0 aliphatic heterocycles. The Morgan fingerprint density at radius 3 is 2.79 bits per heavy atom. The summed E-state index contributed by atoms with van der Waals surface area (Å²) in [4.78, 5) is 0. The van der Waals surface area contributed by atoms with Gasteiger partial charge in [-0.05, 0) is 18.2 Å². The predicted octanol–water partition coefficient (Wildman–Crippen LogP) is 2.06. The van der Waals surface area contributed by atoms with E-state index >= 15 is 0 Å². The van der Waals surface area contributed by atoms with Crippen molar-refractivity contribution >= 4 is 28.9 Å². The van der Waals surface area contributed by atoms with Crippen LogP contribution in [0.3, 0.4) is 0 Å². The first-order valence-corrected chi connectivity index (χ1v) is 5.01. The van der Waals surface area contributed by atoms with Gasteiger partial charge in [-0.15, -0.1) is 11.6 Å². The normalized spacial score (nSPS) is 12.5. The summed E-state index contributed by atoms with van der Waals surface area (Å²) in [5, 5.41) is 21.9. The summed E-state index contributed by atoms with van der Waals surface area (Å²) in [5.74, 6) is 0.241. The number of halogens is 2. The molecule has 1 aromatic carbocycles. The lowest BCUT2D eigenvalue weighted by Gasteiger charge is -2.11. The van der Waals surface area contributed by atoms with E-state index in [1.54, 1.807) is 12.1 Å². The van der Waals surface area contributed by atoms with E-state index < -0.39 is 6.10 Å². The van der Waals surface area contributed by atoms with Crippen molar-refractivity contribution in [1.29, 1.82) is 0 Å². The third kappa shape index (κ3) is 3.25. The summed E-state index contributed by atoms with van der Waals surface area (Å²) in [7, 11) is 0. The Bertz CT molecular complexity index is 307. The zero-order valence-corrected chi connectivity index (χ0v) is 8.89. The fraction of sp³-hybridized carbons (Fsp3) is 0.333. The molecule has 14 heavy (non-hydrogen) atoms. The van der Waals surface area contributed by atoms with Gasteiger partial charge in [0.15, 0.2) is 0 Å². The molecule has 0 fully saturated rings. The molecule has 0 heterocycles. The van der Waals surface area contributed by atoms with Gasteiger partial charge in [-0.1, -0.05) is 11.6 Å². The number of anilines is 1. The van der Waals surface area contributed by atoms with Crippen molar-refractivity contribution in [3.05, 3.63) is 23.2 Å². The number of rotatable bonds is 4. The van der Waals surface area contributed by atoms with E-state index in [2.05, 4.69) is 5.32 Å². The quantitative estimate of drug-likeness (QED) is 0.554. The molecule has 1 aromatic rings. The van der Waals surface area contributed by atoms with Crippen LogP contribution in [0.25, 0.3) is 0 Å². The number of aromatic hydroxyl groups is 1. The lowest BCUT2D eigenvalue weighted by Crippen LogP contribution is -2.20. The topological polar surface area (TPSA) is 52.5 Å². The third-order valence-corrected chi connectivity index (χ3v) is 2.26. The lowest BCUT2D eigenvalue weighted by molar-refractivity contribution is 0.211. The van der Waals surface area contributed by atoms with Crippen LogP contribution < -0.4 is 5.32 Å². The van der Waals surface area contributed by atoms with E-state index in [-0.39, 0.29) is 18.2 Å². The second kappa shape index (κ2) is 5.29. The van der Waals surface area contributed by atoms with Crippen LogP contribution in [0, 0.1) is 0 Å². The molecule has 78 valence electrons.